The molecule has 7 heteroatoms. The summed E-state index contributed by atoms with van der Waals surface area (Å²) in [6, 6.07) is 17.4. The molecule has 0 saturated carbocycles. The molecule has 0 N–H and O–H groups in total. The van der Waals surface area contributed by atoms with Gasteiger partial charge in [0, 0.05) is 22.5 Å². The van der Waals surface area contributed by atoms with Gasteiger partial charge < -0.3 is 4.74 Å². The van der Waals surface area contributed by atoms with E-state index in [0.29, 0.717) is 23.1 Å². The third kappa shape index (κ3) is 6.19. The van der Waals surface area contributed by atoms with E-state index in [9.17, 15) is 9.59 Å². The summed E-state index contributed by atoms with van der Waals surface area (Å²) in [6.45, 7) is 5.89. The molecule has 2 unspecified atom stereocenters. The maximum absolute atomic E-state index is 14.0. The van der Waals surface area contributed by atoms with E-state index in [1.54, 1.807) is 4.90 Å². The highest BCUT2D eigenvalue weighted by Gasteiger charge is 2.37. The molecule has 1 amide bonds. The molecule has 1 aliphatic heterocycles. The lowest BCUT2D eigenvalue weighted by atomic mass is 9.80. The predicted molar refractivity (Wildman–Crippen MR) is 142 cm³/mol. The van der Waals surface area contributed by atoms with Gasteiger partial charge in [0.2, 0.25) is 5.91 Å². The molecule has 4 rings (SSSR count). The molecule has 182 valence electrons. The third-order valence-corrected chi connectivity index (χ3v) is 7.01. The number of rotatable bonds is 5. The Labute approximate surface area is 215 Å². The molecule has 0 aliphatic carbocycles. The summed E-state index contributed by atoms with van der Waals surface area (Å²) in [5.74, 6) is -1.24. The fraction of sp³-hybridized carbons (Fsp3) is 0.321. The highest BCUT2D eigenvalue weighted by Crippen LogP contribution is 2.37. The van der Waals surface area contributed by atoms with Crippen molar-refractivity contribution in [3.63, 3.8) is 0 Å². The Morgan fingerprint density at radius 2 is 1.83 bits per heavy atom. The van der Waals surface area contributed by atoms with Gasteiger partial charge in [-0.3, -0.25) is 14.5 Å². The van der Waals surface area contributed by atoms with Gasteiger partial charge in [0.05, 0.1) is 18.0 Å². The third-order valence-electron chi connectivity index (χ3n) is 5.82. The van der Waals surface area contributed by atoms with Gasteiger partial charge in [-0.05, 0) is 44.7 Å². The van der Waals surface area contributed by atoms with Gasteiger partial charge in [0.1, 0.15) is 5.60 Å². The molecule has 0 saturated heterocycles. The average molecular weight is 509 g/mol. The van der Waals surface area contributed by atoms with Crippen LogP contribution in [-0.2, 0) is 14.3 Å². The lowest BCUT2D eigenvalue weighted by molar-refractivity contribution is -0.157. The number of thiazole rings is 1. The van der Waals surface area contributed by atoms with Crippen molar-refractivity contribution in [1.82, 2.24) is 4.98 Å². The Balaban J connectivity index is 1.69. The number of carbonyl (C=O) groups is 2. The molecule has 2 heterocycles. The van der Waals surface area contributed by atoms with Crippen LogP contribution in [0.2, 0.25) is 5.02 Å². The van der Waals surface area contributed by atoms with Gasteiger partial charge in [-0.15, -0.1) is 11.3 Å². The number of hydrogen-bond acceptors (Lipinski definition) is 5. The minimum atomic E-state index is -0.622. The van der Waals surface area contributed by atoms with Crippen molar-refractivity contribution >= 4 is 39.9 Å². The molecule has 0 spiro atoms. The topological polar surface area (TPSA) is 59.5 Å². The fourth-order valence-electron chi connectivity index (χ4n) is 4.26. The van der Waals surface area contributed by atoms with Crippen LogP contribution in [0.1, 0.15) is 45.1 Å². The molecule has 1 aromatic heterocycles. The molecule has 2 atom stereocenters. The molecular weight excluding hydrogens is 480 g/mol. The summed E-state index contributed by atoms with van der Waals surface area (Å²) in [5.41, 5.74) is 1.94. The van der Waals surface area contributed by atoms with Crippen LogP contribution in [0.25, 0.3) is 11.3 Å². The summed E-state index contributed by atoms with van der Waals surface area (Å²) in [6.07, 6.45) is 4.75. The molecule has 0 radical (unpaired) electrons. The zero-order chi connectivity index (χ0) is 25.0. The Morgan fingerprint density at radius 1 is 1.11 bits per heavy atom. The molecule has 5 nitrogen and oxygen atoms in total. The number of halogens is 1. The second-order valence-electron chi connectivity index (χ2n) is 9.57. The van der Waals surface area contributed by atoms with E-state index in [1.165, 1.54) is 11.3 Å². The Hall–Kier alpha value is -2.96. The number of aromatic nitrogens is 1. The van der Waals surface area contributed by atoms with E-state index in [2.05, 4.69) is 6.08 Å². The SMILES string of the molecule is CC(C)(C)OC(=O)CC1C(=O)N(c2nc(-c3ccccc3Cl)cs2)CC=CCC1c1ccccc1. The second-order valence-corrected chi connectivity index (χ2v) is 10.8. The molecule has 0 fully saturated rings. The lowest BCUT2D eigenvalue weighted by Gasteiger charge is -2.32. The minimum Gasteiger partial charge on any atom is -0.460 e. The number of ether oxygens (including phenoxy) is 1. The minimum absolute atomic E-state index is 0.00273. The van der Waals surface area contributed by atoms with Crippen LogP contribution >= 0.6 is 22.9 Å². The monoisotopic (exact) mass is 508 g/mol. The van der Waals surface area contributed by atoms with Crippen molar-refractivity contribution in [1.29, 1.82) is 0 Å². The smallest absolute Gasteiger partial charge is 0.307 e. The highest BCUT2D eigenvalue weighted by molar-refractivity contribution is 7.14. The van der Waals surface area contributed by atoms with Gasteiger partial charge in [0.25, 0.3) is 0 Å². The molecule has 0 bridgehead atoms. The van der Waals surface area contributed by atoms with E-state index in [0.717, 1.165) is 16.8 Å². The summed E-state index contributed by atoms with van der Waals surface area (Å²) in [7, 11) is 0. The zero-order valence-corrected chi connectivity index (χ0v) is 21.7. The number of benzene rings is 2. The van der Waals surface area contributed by atoms with Crippen LogP contribution in [0, 0.1) is 5.92 Å². The summed E-state index contributed by atoms with van der Waals surface area (Å²) < 4.78 is 5.61. The number of esters is 1. The Bertz CT molecular complexity index is 1220. The van der Waals surface area contributed by atoms with Crippen LogP contribution in [0.5, 0.6) is 0 Å². The van der Waals surface area contributed by atoms with E-state index in [4.69, 9.17) is 21.3 Å². The highest BCUT2D eigenvalue weighted by atomic mass is 35.5. The standard InChI is InChI=1S/C28H29ClN2O3S/c1-28(2,3)34-25(32)17-22-20(19-11-5-4-6-12-19)13-9-10-16-31(26(22)33)27-30-24(18-35-27)21-14-7-8-15-23(21)29/h4-12,14-15,18,20,22H,13,16-17H2,1-3H3. The van der Waals surface area contributed by atoms with Gasteiger partial charge in [-0.2, -0.15) is 0 Å². The summed E-state index contributed by atoms with van der Waals surface area (Å²) in [4.78, 5) is 33.3. The van der Waals surface area contributed by atoms with Gasteiger partial charge >= 0.3 is 5.97 Å². The van der Waals surface area contributed by atoms with Crippen molar-refractivity contribution in [2.45, 2.75) is 45.1 Å². The fourth-order valence-corrected chi connectivity index (χ4v) is 5.34. The number of allylic oxidation sites excluding steroid dienone is 1. The molecule has 35 heavy (non-hydrogen) atoms. The van der Waals surface area contributed by atoms with Crippen molar-refractivity contribution in [2.24, 2.45) is 5.92 Å². The molecule has 2 aromatic carbocycles. The average Bonchev–Trinajstić information content (AvgIpc) is 3.28. The number of carbonyl (C=O) groups excluding carboxylic acids is 2. The first-order valence-electron chi connectivity index (χ1n) is 11.7. The van der Waals surface area contributed by atoms with Crippen LogP contribution in [0.3, 0.4) is 0 Å². The lowest BCUT2D eigenvalue weighted by Crippen LogP contribution is -2.41. The van der Waals surface area contributed by atoms with Crippen LogP contribution in [0.15, 0.2) is 72.1 Å². The summed E-state index contributed by atoms with van der Waals surface area (Å²) >= 11 is 7.76. The van der Waals surface area contributed by atoms with E-state index in [-0.39, 0.29) is 24.2 Å². The van der Waals surface area contributed by atoms with Gasteiger partial charge in [-0.1, -0.05) is 72.3 Å². The molecule has 1 aliphatic rings. The van der Waals surface area contributed by atoms with E-state index < -0.39 is 11.5 Å². The first kappa shape index (κ1) is 25.1. The van der Waals surface area contributed by atoms with Gasteiger partial charge in [0.15, 0.2) is 5.13 Å². The Morgan fingerprint density at radius 3 is 2.54 bits per heavy atom. The maximum atomic E-state index is 14.0. The van der Waals surface area contributed by atoms with Crippen LogP contribution in [0.4, 0.5) is 5.13 Å². The zero-order valence-electron chi connectivity index (χ0n) is 20.1. The number of anilines is 1. The number of amides is 1. The summed E-state index contributed by atoms with van der Waals surface area (Å²) in [5, 5.41) is 3.09. The van der Waals surface area contributed by atoms with Crippen molar-refractivity contribution in [3.8, 4) is 11.3 Å². The van der Waals surface area contributed by atoms with E-state index >= 15 is 0 Å². The first-order valence-corrected chi connectivity index (χ1v) is 12.9. The Kier molecular flexibility index (Phi) is 7.72. The molecular formula is C28H29ClN2O3S. The van der Waals surface area contributed by atoms with Crippen molar-refractivity contribution in [2.75, 3.05) is 11.4 Å². The van der Waals surface area contributed by atoms with Crippen molar-refractivity contribution in [3.05, 3.63) is 82.7 Å². The van der Waals surface area contributed by atoms with Crippen molar-refractivity contribution < 1.29 is 14.3 Å². The quantitative estimate of drug-likeness (QED) is 0.278. The largest absolute Gasteiger partial charge is 0.460 e. The number of hydrogen-bond donors (Lipinski definition) is 0. The first-order chi connectivity index (χ1) is 16.7. The number of nitrogens with zero attached hydrogens (tertiary/aromatic N) is 2. The van der Waals surface area contributed by atoms with E-state index in [1.807, 2.05) is 86.8 Å². The van der Waals surface area contributed by atoms with Crippen LogP contribution < -0.4 is 4.90 Å². The maximum Gasteiger partial charge on any atom is 0.307 e. The molecule has 3 aromatic rings. The predicted octanol–water partition coefficient (Wildman–Crippen LogP) is 6.89. The normalized spacial score (nSPS) is 18.7. The van der Waals surface area contributed by atoms with Crippen LogP contribution in [-0.4, -0.2) is 29.0 Å². The second kappa shape index (κ2) is 10.8. The van der Waals surface area contributed by atoms with Gasteiger partial charge in [-0.25, -0.2) is 4.98 Å².